The van der Waals surface area contributed by atoms with E-state index in [-0.39, 0.29) is 5.92 Å². The molecular weight excluding hydrogens is 202 g/mol. The lowest BCUT2D eigenvalue weighted by Crippen LogP contribution is -2.13. The second-order valence-corrected chi connectivity index (χ2v) is 4.67. The van der Waals surface area contributed by atoms with E-state index >= 15 is 0 Å². The highest BCUT2D eigenvalue weighted by molar-refractivity contribution is 5.33. The maximum absolute atomic E-state index is 5.82. The minimum Gasteiger partial charge on any atom is -0.474 e. The number of hydrogen-bond donors (Lipinski definition) is 1. The van der Waals surface area contributed by atoms with Gasteiger partial charge in [-0.1, -0.05) is 13.8 Å². The fraction of sp³-hybridized carbons (Fsp3) is 0.667. The van der Waals surface area contributed by atoms with Gasteiger partial charge in [-0.3, -0.25) is 0 Å². The number of anilines is 1. The summed E-state index contributed by atoms with van der Waals surface area (Å²) in [6.07, 6.45) is 5.07. The lowest BCUT2D eigenvalue weighted by atomic mass is 10.2. The van der Waals surface area contributed by atoms with Gasteiger partial charge in [0.05, 0.1) is 0 Å². The zero-order chi connectivity index (χ0) is 11.5. The number of nitrogens with zero attached hydrogens (tertiary/aromatic N) is 2. The van der Waals surface area contributed by atoms with Crippen molar-refractivity contribution in [2.45, 2.75) is 51.6 Å². The molecule has 0 atom stereocenters. The average Bonchev–Trinajstić information content (AvgIpc) is 2.69. The van der Waals surface area contributed by atoms with Crippen LogP contribution in [0.25, 0.3) is 0 Å². The lowest BCUT2D eigenvalue weighted by Gasteiger charge is -2.13. The van der Waals surface area contributed by atoms with Crippen LogP contribution >= 0.6 is 0 Å². The quantitative estimate of drug-likeness (QED) is 0.851. The van der Waals surface area contributed by atoms with E-state index in [0.717, 1.165) is 18.7 Å². The van der Waals surface area contributed by atoms with Crippen molar-refractivity contribution in [3.05, 3.63) is 11.9 Å². The number of hydrogen-bond acceptors (Lipinski definition) is 4. The van der Waals surface area contributed by atoms with Crippen molar-refractivity contribution in [3.8, 4) is 5.88 Å². The van der Waals surface area contributed by atoms with Crippen LogP contribution in [0.5, 0.6) is 5.88 Å². The van der Waals surface area contributed by atoms with Gasteiger partial charge < -0.3 is 10.5 Å². The van der Waals surface area contributed by atoms with Crippen molar-refractivity contribution in [1.29, 1.82) is 0 Å². The second kappa shape index (κ2) is 4.68. The van der Waals surface area contributed by atoms with Gasteiger partial charge in [-0.05, 0) is 25.7 Å². The molecule has 0 radical (unpaired) electrons. The Morgan fingerprint density at radius 2 is 2.00 bits per heavy atom. The fourth-order valence-electron chi connectivity index (χ4n) is 1.96. The van der Waals surface area contributed by atoms with Crippen LogP contribution in [-0.4, -0.2) is 16.1 Å². The van der Waals surface area contributed by atoms with Crippen LogP contribution in [0.15, 0.2) is 6.07 Å². The van der Waals surface area contributed by atoms with E-state index in [2.05, 4.69) is 9.97 Å². The molecule has 1 aromatic rings. The number of rotatable bonds is 3. The van der Waals surface area contributed by atoms with Crippen molar-refractivity contribution in [1.82, 2.24) is 9.97 Å². The summed E-state index contributed by atoms with van der Waals surface area (Å²) >= 11 is 0. The molecule has 2 N–H and O–H groups in total. The highest BCUT2D eigenvalue weighted by Gasteiger charge is 2.18. The van der Waals surface area contributed by atoms with E-state index in [1.165, 1.54) is 12.8 Å². The Balaban J connectivity index is 2.13. The highest BCUT2D eigenvalue weighted by atomic mass is 16.5. The van der Waals surface area contributed by atoms with E-state index < -0.39 is 0 Å². The molecule has 2 rings (SSSR count). The summed E-state index contributed by atoms with van der Waals surface area (Å²) in [5.41, 5.74) is 5.74. The second-order valence-electron chi connectivity index (χ2n) is 4.67. The summed E-state index contributed by atoms with van der Waals surface area (Å²) in [5.74, 6) is 2.15. The largest absolute Gasteiger partial charge is 0.474 e. The molecular formula is C12H19N3O. The van der Waals surface area contributed by atoms with Crippen LogP contribution in [0.3, 0.4) is 0 Å². The molecule has 0 amide bonds. The number of aromatic nitrogens is 2. The third-order valence-electron chi connectivity index (χ3n) is 2.85. The van der Waals surface area contributed by atoms with Crippen LogP contribution < -0.4 is 10.5 Å². The van der Waals surface area contributed by atoms with Crippen molar-refractivity contribution in [2.24, 2.45) is 0 Å². The summed E-state index contributed by atoms with van der Waals surface area (Å²) in [6, 6.07) is 1.71. The van der Waals surface area contributed by atoms with Gasteiger partial charge in [0.2, 0.25) is 5.88 Å². The molecule has 4 heteroatoms. The molecule has 1 fully saturated rings. The standard InChI is InChI=1S/C12H19N3O/c1-8(2)12-14-10(13)7-11(15-12)16-9-5-3-4-6-9/h7-9H,3-6H2,1-2H3,(H2,13,14,15). The van der Waals surface area contributed by atoms with Gasteiger partial charge >= 0.3 is 0 Å². The normalized spacial score (nSPS) is 16.9. The number of nitrogen functional groups attached to an aromatic ring is 1. The molecule has 0 unspecified atom stereocenters. The Morgan fingerprint density at radius 1 is 1.31 bits per heavy atom. The van der Waals surface area contributed by atoms with Gasteiger partial charge in [-0.2, -0.15) is 4.98 Å². The zero-order valence-electron chi connectivity index (χ0n) is 9.94. The van der Waals surface area contributed by atoms with Crippen molar-refractivity contribution < 1.29 is 4.74 Å². The molecule has 16 heavy (non-hydrogen) atoms. The van der Waals surface area contributed by atoms with Crippen LogP contribution in [0.1, 0.15) is 51.3 Å². The predicted octanol–water partition coefficient (Wildman–Crippen LogP) is 2.50. The molecule has 4 nitrogen and oxygen atoms in total. The number of ether oxygens (including phenoxy) is 1. The Labute approximate surface area is 96.2 Å². The summed E-state index contributed by atoms with van der Waals surface area (Å²) < 4.78 is 5.82. The summed E-state index contributed by atoms with van der Waals surface area (Å²) in [7, 11) is 0. The molecule has 0 aromatic carbocycles. The molecule has 0 aliphatic heterocycles. The maximum atomic E-state index is 5.82. The molecule has 1 aromatic heterocycles. The summed E-state index contributed by atoms with van der Waals surface area (Å²) in [5, 5.41) is 0. The van der Waals surface area contributed by atoms with Crippen molar-refractivity contribution in [2.75, 3.05) is 5.73 Å². The van der Waals surface area contributed by atoms with E-state index in [1.54, 1.807) is 6.07 Å². The molecule has 1 saturated carbocycles. The smallest absolute Gasteiger partial charge is 0.219 e. The molecule has 88 valence electrons. The highest BCUT2D eigenvalue weighted by Crippen LogP contribution is 2.24. The van der Waals surface area contributed by atoms with Crippen LogP contribution in [-0.2, 0) is 0 Å². The van der Waals surface area contributed by atoms with E-state index in [1.807, 2.05) is 13.8 Å². The maximum Gasteiger partial charge on any atom is 0.219 e. The predicted molar refractivity (Wildman–Crippen MR) is 63.4 cm³/mol. The third-order valence-corrected chi connectivity index (χ3v) is 2.85. The van der Waals surface area contributed by atoms with Gasteiger partial charge in [0, 0.05) is 12.0 Å². The Morgan fingerprint density at radius 3 is 2.62 bits per heavy atom. The van der Waals surface area contributed by atoms with Gasteiger partial charge in [0.15, 0.2) is 0 Å². The first-order chi connectivity index (χ1) is 7.65. The molecule has 1 aliphatic carbocycles. The van der Waals surface area contributed by atoms with Gasteiger partial charge in [-0.15, -0.1) is 0 Å². The lowest BCUT2D eigenvalue weighted by molar-refractivity contribution is 0.200. The summed E-state index contributed by atoms with van der Waals surface area (Å²) in [6.45, 7) is 4.10. The number of nitrogens with two attached hydrogens (primary N) is 1. The average molecular weight is 221 g/mol. The Hall–Kier alpha value is -1.32. The molecule has 0 spiro atoms. The third kappa shape index (κ3) is 2.62. The Bertz CT molecular complexity index is 359. The summed E-state index contributed by atoms with van der Waals surface area (Å²) in [4.78, 5) is 8.58. The fourth-order valence-corrected chi connectivity index (χ4v) is 1.96. The van der Waals surface area contributed by atoms with E-state index in [4.69, 9.17) is 10.5 Å². The van der Waals surface area contributed by atoms with Crippen LogP contribution in [0.2, 0.25) is 0 Å². The molecule has 1 heterocycles. The zero-order valence-corrected chi connectivity index (χ0v) is 9.94. The van der Waals surface area contributed by atoms with Gasteiger partial charge in [-0.25, -0.2) is 4.98 Å². The topological polar surface area (TPSA) is 61.0 Å². The van der Waals surface area contributed by atoms with Crippen molar-refractivity contribution >= 4 is 5.82 Å². The molecule has 1 aliphatic rings. The Kier molecular flexibility index (Phi) is 3.27. The van der Waals surface area contributed by atoms with E-state index in [0.29, 0.717) is 17.8 Å². The SMILES string of the molecule is CC(C)c1nc(N)cc(OC2CCCC2)n1. The van der Waals surface area contributed by atoms with E-state index in [9.17, 15) is 0 Å². The first kappa shape index (κ1) is 11.2. The molecule has 0 bridgehead atoms. The minimum atomic E-state index is 0.273. The monoisotopic (exact) mass is 221 g/mol. The van der Waals surface area contributed by atoms with Crippen LogP contribution in [0, 0.1) is 0 Å². The van der Waals surface area contributed by atoms with Crippen molar-refractivity contribution in [3.63, 3.8) is 0 Å². The minimum absolute atomic E-state index is 0.273. The first-order valence-corrected chi connectivity index (χ1v) is 5.96. The van der Waals surface area contributed by atoms with Gasteiger partial charge in [0.1, 0.15) is 17.7 Å². The van der Waals surface area contributed by atoms with Gasteiger partial charge in [0.25, 0.3) is 0 Å². The first-order valence-electron chi connectivity index (χ1n) is 5.96. The van der Waals surface area contributed by atoms with Crippen LogP contribution in [0.4, 0.5) is 5.82 Å². The molecule has 0 saturated heterocycles.